The molecule has 4 rings (SSSR count). The zero-order chi connectivity index (χ0) is 42.2. The molecule has 57 heavy (non-hydrogen) atoms. The van der Waals surface area contributed by atoms with Crippen molar-refractivity contribution in [1.29, 1.82) is 0 Å². The molecule has 2 aromatic carbocycles. The highest BCUT2D eigenvalue weighted by atomic mass is 32.2. The zero-order valence-electron chi connectivity index (χ0n) is 31.6. The second-order valence-electron chi connectivity index (χ2n) is 14.4. The van der Waals surface area contributed by atoms with E-state index < -0.39 is 57.6 Å². The summed E-state index contributed by atoms with van der Waals surface area (Å²) in [5.74, 6) is 3.86. The Bertz CT molecular complexity index is 2270. The summed E-state index contributed by atoms with van der Waals surface area (Å²) < 4.78 is 109. The lowest BCUT2D eigenvalue weighted by Crippen LogP contribution is -2.30. The van der Waals surface area contributed by atoms with E-state index >= 15 is 0 Å². The number of hydrogen-bond donors (Lipinski definition) is 3. The van der Waals surface area contributed by atoms with Crippen LogP contribution in [0.15, 0.2) is 82.3 Å². The normalized spacial score (nSPS) is 18.9. The monoisotopic (exact) mass is 870 g/mol. The molecule has 2 aliphatic heterocycles. The second-order valence-corrected chi connectivity index (χ2v) is 19.6. The number of nitrogens with zero attached hydrogens (tertiary/aromatic N) is 2. The van der Waals surface area contributed by atoms with Gasteiger partial charge in [0.05, 0.1) is 38.2 Å². The maximum atomic E-state index is 11.9. The molecule has 0 aromatic heterocycles. The molecule has 0 bridgehead atoms. The Balaban J connectivity index is 1.74. The van der Waals surface area contributed by atoms with Gasteiger partial charge in [0.2, 0.25) is 11.6 Å². The van der Waals surface area contributed by atoms with Crippen molar-refractivity contribution in [1.82, 2.24) is 5.43 Å². The van der Waals surface area contributed by atoms with Crippen molar-refractivity contribution in [2.75, 3.05) is 29.5 Å². The predicted octanol–water partition coefficient (Wildman–Crippen LogP) is 3.13. The Morgan fingerprint density at radius 3 is 2.33 bits per heavy atom. The van der Waals surface area contributed by atoms with Crippen LogP contribution in [-0.2, 0) is 55.4 Å². The van der Waals surface area contributed by atoms with Crippen molar-refractivity contribution in [2.45, 2.75) is 86.3 Å². The van der Waals surface area contributed by atoms with Gasteiger partial charge in [-0.15, -0.1) is 0 Å². The Kier molecular flexibility index (Phi) is 15.5. The first-order valence-corrected chi connectivity index (χ1v) is 23.2. The quantitative estimate of drug-likeness (QED) is 0.0187. The minimum absolute atomic E-state index is 0.0386. The second kappa shape index (κ2) is 19.1. The largest absolute Gasteiger partial charge is 0.748 e. The topological polar surface area (TPSA) is 272 Å². The molecule has 1 unspecified atom stereocenters. The van der Waals surface area contributed by atoms with Gasteiger partial charge in [-0.25, -0.2) is 22.7 Å². The van der Waals surface area contributed by atoms with Crippen LogP contribution in [0.4, 0.5) is 11.4 Å². The number of nitrogens with two attached hydrogens (primary N) is 1. The van der Waals surface area contributed by atoms with E-state index in [4.69, 9.17) is 5.84 Å². The van der Waals surface area contributed by atoms with E-state index in [9.17, 15) is 49.0 Å². The maximum Gasteiger partial charge on any atom is 0.265 e. The van der Waals surface area contributed by atoms with Gasteiger partial charge in [-0.3, -0.25) is 19.8 Å². The van der Waals surface area contributed by atoms with Crippen molar-refractivity contribution < 1.29 is 62.9 Å². The molecular weight excluding hydrogens is 825 g/mol. The molecule has 1 amide bonds. The molecule has 0 aliphatic carbocycles. The summed E-state index contributed by atoms with van der Waals surface area (Å²) >= 11 is 0.722. The zero-order valence-corrected chi connectivity index (χ0v) is 34.8. The van der Waals surface area contributed by atoms with Crippen LogP contribution in [0.25, 0.3) is 0 Å². The van der Waals surface area contributed by atoms with Crippen molar-refractivity contribution >= 4 is 65.4 Å². The van der Waals surface area contributed by atoms with Crippen LogP contribution < -0.4 is 21.4 Å². The van der Waals surface area contributed by atoms with E-state index in [1.807, 2.05) is 48.5 Å². The lowest BCUT2D eigenvalue weighted by molar-refractivity contribution is -0.777. The molecule has 0 fully saturated rings. The number of nitrogens with one attached hydrogen (secondary N) is 1. The number of fused-ring (bicyclic) bond motifs is 2. The fourth-order valence-electron chi connectivity index (χ4n) is 7.37. The fraction of sp³-hybridized carbons (Fsp3) is 0.444. The molecule has 2 aliphatic rings. The molecule has 4 N–H and O–H groups in total. The van der Waals surface area contributed by atoms with Crippen LogP contribution >= 0.6 is 12.0 Å². The van der Waals surface area contributed by atoms with Gasteiger partial charge in [0.1, 0.15) is 16.7 Å². The number of allylic oxidation sites excluding steroid dienone is 6. The van der Waals surface area contributed by atoms with Crippen molar-refractivity contribution in [3.8, 4) is 0 Å². The first-order chi connectivity index (χ1) is 26.6. The first kappa shape index (κ1) is 46.2. The average molecular weight is 871 g/mol. The number of hydrazine groups is 1. The summed E-state index contributed by atoms with van der Waals surface area (Å²) in [6.45, 7) is 6.04. The number of carbonyl (C=O) groups is 1. The van der Waals surface area contributed by atoms with Gasteiger partial charge >= 0.3 is 0 Å². The number of unbranched alkanes of at least 4 members (excludes halogenated alkanes) is 2. The van der Waals surface area contributed by atoms with E-state index in [1.165, 1.54) is 18.2 Å². The molecule has 0 saturated heterocycles. The van der Waals surface area contributed by atoms with Gasteiger partial charge in [-0.2, -0.15) is 17.3 Å². The molecule has 314 valence electrons. The van der Waals surface area contributed by atoms with Crippen molar-refractivity contribution in [3.05, 3.63) is 83.6 Å². The summed E-state index contributed by atoms with van der Waals surface area (Å²) in [6, 6.07) is 9.38. The molecule has 2 aromatic rings. The average Bonchev–Trinajstić information content (AvgIpc) is 3.47. The van der Waals surface area contributed by atoms with Gasteiger partial charge in [0.15, 0.2) is 5.71 Å². The lowest BCUT2D eigenvalue weighted by Gasteiger charge is -2.30. The molecule has 2 heterocycles. The summed E-state index contributed by atoms with van der Waals surface area (Å²) in [4.78, 5) is 13.8. The van der Waals surface area contributed by atoms with Crippen molar-refractivity contribution in [3.63, 3.8) is 0 Å². The van der Waals surface area contributed by atoms with Gasteiger partial charge in [-0.1, -0.05) is 31.1 Å². The molecule has 1 atom stereocenters. The van der Waals surface area contributed by atoms with Gasteiger partial charge in [-0.05, 0) is 82.0 Å². The number of amides is 1. The molecule has 17 nitrogen and oxygen atoms in total. The Morgan fingerprint density at radius 2 is 1.68 bits per heavy atom. The molecular formula is C36H46N4O13S4-2. The minimum Gasteiger partial charge on any atom is -0.748 e. The van der Waals surface area contributed by atoms with Crippen LogP contribution in [0.5, 0.6) is 0 Å². The first-order valence-electron chi connectivity index (χ1n) is 17.9. The molecule has 0 radical (unpaired) electrons. The summed E-state index contributed by atoms with van der Waals surface area (Å²) in [5.41, 5.74) is 4.79. The highest BCUT2D eigenvalue weighted by Crippen LogP contribution is 2.52. The maximum absolute atomic E-state index is 11.9. The number of rotatable bonds is 21. The third-order valence-corrected chi connectivity index (χ3v) is 13.0. The Hall–Kier alpha value is -3.48. The number of anilines is 1. The van der Waals surface area contributed by atoms with E-state index in [-0.39, 0.29) is 38.3 Å². The smallest absolute Gasteiger partial charge is 0.265 e. The van der Waals surface area contributed by atoms with Crippen LogP contribution in [0.2, 0.25) is 0 Å². The summed E-state index contributed by atoms with van der Waals surface area (Å²) in [5, 5.41) is 14.1. The summed E-state index contributed by atoms with van der Waals surface area (Å²) in [6.07, 6.45) is 11.8. The van der Waals surface area contributed by atoms with E-state index in [0.29, 0.717) is 47.5 Å². The third-order valence-electron chi connectivity index (χ3n) is 10.1. The minimum atomic E-state index is -4.77. The van der Waals surface area contributed by atoms with Gasteiger partial charge in [0.25, 0.3) is 10.1 Å². The van der Waals surface area contributed by atoms with Crippen LogP contribution in [0.1, 0.15) is 76.8 Å². The summed E-state index contributed by atoms with van der Waals surface area (Å²) in [7, 11) is -13.5. The van der Waals surface area contributed by atoms with Crippen LogP contribution in [0, 0.1) is 0 Å². The standard InChI is InChI=1S/C36H48N4O13S4/c1-35(2)28-25-27(57(49,50)51)16-18-30(28)39(20-10-22-55(43,44)45)32(35)12-6-4-7-13-33-36(3,19-9-5-8-14-34(41)38-37)29-24-26(54-53-52-42)15-17-31(29)40(33)21-11-23-56(46,47)48/h4,6-7,12-13,15-18,24-25H,5,8-11,14,19-23,37H2,1-3H3,(H4-,38,41,42,43,44,45,46,47,48,49,50,51)/p-2. The highest BCUT2D eigenvalue weighted by molar-refractivity contribution is 7.94. The fourth-order valence-corrected chi connectivity index (χ4v) is 9.24. The van der Waals surface area contributed by atoms with Crippen LogP contribution in [-0.4, -0.2) is 79.7 Å². The molecule has 21 heteroatoms. The lowest BCUT2D eigenvalue weighted by atomic mass is 9.77. The van der Waals surface area contributed by atoms with E-state index in [2.05, 4.69) is 14.8 Å². The van der Waals surface area contributed by atoms with E-state index in [0.717, 1.165) is 29.0 Å². The molecule has 0 saturated carbocycles. The predicted molar refractivity (Wildman–Crippen MR) is 208 cm³/mol. The molecule has 0 spiro atoms. The van der Waals surface area contributed by atoms with Crippen LogP contribution in [0.3, 0.4) is 0 Å². The SMILES string of the molecule is CC1(C)C(/C=C/C=C/C=C2\N(CCCS(=O)(=O)[O-])c3ccc(SOO[O-])cc3C2(C)CCCCCC(=O)NN)=[N+](CCCS(=O)(=O)O)c2ccc(S(=O)(=O)[O-])cc21. The third kappa shape index (κ3) is 12.0. The number of benzene rings is 2. The van der Waals surface area contributed by atoms with Gasteiger partial charge < -0.3 is 19.3 Å². The Morgan fingerprint density at radius 1 is 0.947 bits per heavy atom. The number of carbonyl (C=O) groups excluding carboxylic acids is 1. The highest BCUT2D eigenvalue weighted by Gasteiger charge is 2.45. The van der Waals surface area contributed by atoms with Crippen molar-refractivity contribution in [2.24, 2.45) is 5.84 Å². The van der Waals surface area contributed by atoms with Gasteiger partial charge in [0, 0.05) is 64.5 Å². The number of hydrogen-bond acceptors (Lipinski definition) is 15. The Labute approximate surface area is 337 Å². The van der Waals surface area contributed by atoms with E-state index in [1.54, 1.807) is 30.4 Å².